The Hall–Kier alpha value is -1.82. The highest BCUT2D eigenvalue weighted by molar-refractivity contribution is 5.78. The number of hydrogen-bond acceptors (Lipinski definition) is 2. The highest BCUT2D eigenvalue weighted by atomic mass is 15.1. The zero-order chi connectivity index (χ0) is 11.9. The quantitative estimate of drug-likeness (QED) is 0.731. The van der Waals surface area contributed by atoms with Crippen molar-refractivity contribution < 1.29 is 0 Å². The molecule has 0 saturated heterocycles. The molecule has 1 aromatic heterocycles. The van der Waals surface area contributed by atoms with Crippen molar-refractivity contribution in [1.82, 2.24) is 9.55 Å². The summed E-state index contributed by atoms with van der Waals surface area (Å²) in [4.78, 5) is 4.53. The minimum absolute atomic E-state index is 0.169. The molecule has 0 saturated carbocycles. The first-order valence-corrected chi connectivity index (χ1v) is 5.37. The van der Waals surface area contributed by atoms with Crippen molar-refractivity contribution in [2.24, 2.45) is 7.05 Å². The van der Waals surface area contributed by atoms with E-state index in [0.29, 0.717) is 0 Å². The van der Waals surface area contributed by atoms with Gasteiger partial charge in [0.1, 0.15) is 11.7 Å². The third kappa shape index (κ3) is 1.47. The topological polar surface area (TPSA) is 41.6 Å². The Morgan fingerprint density at radius 3 is 2.56 bits per heavy atom. The summed E-state index contributed by atoms with van der Waals surface area (Å²) in [6, 6.07) is 6.44. The van der Waals surface area contributed by atoms with E-state index in [4.69, 9.17) is 5.26 Å². The van der Waals surface area contributed by atoms with Gasteiger partial charge in [0, 0.05) is 7.05 Å². The van der Waals surface area contributed by atoms with E-state index < -0.39 is 0 Å². The Bertz CT molecular complexity index is 587. The number of benzene rings is 1. The number of imidazole rings is 1. The predicted molar refractivity (Wildman–Crippen MR) is 64.2 cm³/mol. The lowest BCUT2D eigenvalue weighted by atomic mass is 10.1. The molecule has 82 valence electrons. The second-order valence-corrected chi connectivity index (χ2v) is 4.30. The highest BCUT2D eigenvalue weighted by Gasteiger charge is 2.14. The number of rotatable bonds is 1. The van der Waals surface area contributed by atoms with Crippen LogP contribution in [0, 0.1) is 25.2 Å². The molecule has 3 nitrogen and oxygen atoms in total. The van der Waals surface area contributed by atoms with Gasteiger partial charge in [0.15, 0.2) is 0 Å². The van der Waals surface area contributed by atoms with Crippen LogP contribution in [0.15, 0.2) is 12.1 Å². The molecule has 0 bridgehead atoms. The molecule has 2 rings (SSSR count). The standard InChI is InChI=1S/C13H15N3/c1-8-5-11-12(6-9(8)2)16(4)13(15-11)10(3)7-14/h5-6,10H,1-4H3. The smallest absolute Gasteiger partial charge is 0.126 e. The van der Waals surface area contributed by atoms with E-state index in [2.05, 4.69) is 37.0 Å². The maximum absolute atomic E-state index is 8.94. The van der Waals surface area contributed by atoms with Crippen molar-refractivity contribution in [1.29, 1.82) is 5.26 Å². The molecule has 1 unspecified atom stereocenters. The summed E-state index contributed by atoms with van der Waals surface area (Å²) >= 11 is 0. The van der Waals surface area contributed by atoms with Gasteiger partial charge in [0.05, 0.1) is 17.1 Å². The molecule has 1 aromatic carbocycles. The second-order valence-electron chi connectivity index (χ2n) is 4.30. The average molecular weight is 213 g/mol. The van der Waals surface area contributed by atoms with Gasteiger partial charge >= 0.3 is 0 Å². The molecule has 1 heterocycles. The summed E-state index contributed by atoms with van der Waals surface area (Å²) in [5, 5.41) is 8.94. The first kappa shape index (κ1) is 10.7. The molecule has 0 radical (unpaired) electrons. The van der Waals surface area contributed by atoms with Crippen molar-refractivity contribution >= 4 is 11.0 Å². The van der Waals surface area contributed by atoms with Crippen molar-refractivity contribution in [2.75, 3.05) is 0 Å². The monoisotopic (exact) mass is 213 g/mol. The van der Waals surface area contributed by atoms with Crippen molar-refractivity contribution in [3.63, 3.8) is 0 Å². The summed E-state index contributed by atoms with van der Waals surface area (Å²) in [7, 11) is 1.97. The maximum atomic E-state index is 8.94. The van der Waals surface area contributed by atoms with Gasteiger partial charge in [-0.3, -0.25) is 0 Å². The number of fused-ring (bicyclic) bond motifs is 1. The number of aryl methyl sites for hydroxylation is 3. The molecule has 0 spiro atoms. The van der Waals surface area contributed by atoms with Gasteiger partial charge in [0.25, 0.3) is 0 Å². The van der Waals surface area contributed by atoms with E-state index >= 15 is 0 Å². The molecule has 0 aliphatic rings. The zero-order valence-corrected chi connectivity index (χ0v) is 10.1. The van der Waals surface area contributed by atoms with Gasteiger partial charge in [0.2, 0.25) is 0 Å². The predicted octanol–water partition coefficient (Wildman–Crippen LogP) is 2.82. The minimum atomic E-state index is -0.169. The Morgan fingerprint density at radius 1 is 1.31 bits per heavy atom. The Labute approximate surface area is 95.3 Å². The van der Waals surface area contributed by atoms with Crippen LogP contribution in [0.2, 0.25) is 0 Å². The Kier molecular flexibility index (Phi) is 2.43. The molecule has 0 amide bonds. The number of aromatic nitrogens is 2. The molecule has 0 fully saturated rings. The van der Waals surface area contributed by atoms with Crippen LogP contribution in [0.3, 0.4) is 0 Å². The Morgan fingerprint density at radius 2 is 1.94 bits per heavy atom. The molecule has 1 atom stereocenters. The van der Waals surface area contributed by atoms with E-state index in [1.165, 1.54) is 11.1 Å². The van der Waals surface area contributed by atoms with E-state index in [1.807, 2.05) is 18.5 Å². The van der Waals surface area contributed by atoms with E-state index in [9.17, 15) is 0 Å². The van der Waals surface area contributed by atoms with E-state index in [0.717, 1.165) is 16.9 Å². The van der Waals surface area contributed by atoms with Gasteiger partial charge in [-0.05, 0) is 44.0 Å². The number of nitriles is 1. The lowest BCUT2D eigenvalue weighted by Crippen LogP contribution is -2.00. The lowest BCUT2D eigenvalue weighted by Gasteiger charge is -2.03. The van der Waals surface area contributed by atoms with Crippen LogP contribution < -0.4 is 0 Å². The maximum Gasteiger partial charge on any atom is 0.126 e. The molecule has 16 heavy (non-hydrogen) atoms. The van der Waals surface area contributed by atoms with Gasteiger partial charge < -0.3 is 4.57 Å². The van der Waals surface area contributed by atoms with Crippen molar-refractivity contribution in [3.05, 3.63) is 29.1 Å². The highest BCUT2D eigenvalue weighted by Crippen LogP contribution is 2.23. The summed E-state index contributed by atoms with van der Waals surface area (Å²) in [6.45, 7) is 6.05. The third-order valence-corrected chi connectivity index (χ3v) is 3.11. The first-order chi connectivity index (χ1) is 7.54. The second kappa shape index (κ2) is 3.64. The van der Waals surface area contributed by atoms with Crippen LogP contribution in [0.1, 0.15) is 29.8 Å². The minimum Gasteiger partial charge on any atom is -0.330 e. The lowest BCUT2D eigenvalue weighted by molar-refractivity contribution is 0.778. The van der Waals surface area contributed by atoms with Gasteiger partial charge in [-0.2, -0.15) is 5.26 Å². The fraction of sp³-hybridized carbons (Fsp3) is 0.385. The average Bonchev–Trinajstić information content (AvgIpc) is 2.56. The van der Waals surface area contributed by atoms with Crippen LogP contribution in [0.4, 0.5) is 0 Å². The zero-order valence-electron chi connectivity index (χ0n) is 10.1. The largest absolute Gasteiger partial charge is 0.330 e. The Balaban J connectivity index is 2.74. The van der Waals surface area contributed by atoms with Crippen LogP contribution in [0.25, 0.3) is 11.0 Å². The molecular formula is C13H15N3. The summed E-state index contributed by atoms with van der Waals surface area (Å²) < 4.78 is 2.01. The SMILES string of the molecule is Cc1cc2nc(C(C)C#N)n(C)c2cc1C. The molecular weight excluding hydrogens is 198 g/mol. The van der Waals surface area contributed by atoms with Crippen LogP contribution in [0.5, 0.6) is 0 Å². The van der Waals surface area contributed by atoms with Crippen molar-refractivity contribution in [2.45, 2.75) is 26.7 Å². The van der Waals surface area contributed by atoms with Gasteiger partial charge in [-0.1, -0.05) is 0 Å². The number of hydrogen-bond donors (Lipinski definition) is 0. The third-order valence-electron chi connectivity index (χ3n) is 3.11. The van der Waals surface area contributed by atoms with Gasteiger partial charge in [-0.25, -0.2) is 4.98 Å². The van der Waals surface area contributed by atoms with Crippen LogP contribution in [-0.2, 0) is 7.05 Å². The normalized spacial score (nSPS) is 12.7. The summed E-state index contributed by atoms with van der Waals surface area (Å²) in [5.41, 5.74) is 4.57. The molecule has 0 N–H and O–H groups in total. The molecule has 3 heteroatoms. The molecule has 0 aliphatic carbocycles. The van der Waals surface area contributed by atoms with Crippen LogP contribution >= 0.6 is 0 Å². The molecule has 2 aromatic rings. The van der Waals surface area contributed by atoms with Crippen LogP contribution in [-0.4, -0.2) is 9.55 Å². The number of nitrogens with zero attached hydrogens (tertiary/aromatic N) is 3. The fourth-order valence-electron chi connectivity index (χ4n) is 1.91. The summed E-state index contributed by atoms with van der Waals surface area (Å²) in [6.07, 6.45) is 0. The van der Waals surface area contributed by atoms with Crippen molar-refractivity contribution in [3.8, 4) is 6.07 Å². The van der Waals surface area contributed by atoms with E-state index in [-0.39, 0.29) is 5.92 Å². The fourth-order valence-corrected chi connectivity index (χ4v) is 1.91. The molecule has 0 aliphatic heterocycles. The first-order valence-electron chi connectivity index (χ1n) is 5.37. The van der Waals surface area contributed by atoms with Gasteiger partial charge in [-0.15, -0.1) is 0 Å². The summed E-state index contributed by atoms with van der Waals surface area (Å²) in [5.74, 6) is 0.667. The van der Waals surface area contributed by atoms with E-state index in [1.54, 1.807) is 0 Å².